The van der Waals surface area contributed by atoms with E-state index >= 15 is 0 Å². The molecule has 2 rings (SSSR count). The van der Waals surface area contributed by atoms with Crippen LogP contribution >= 0.6 is 0 Å². The van der Waals surface area contributed by atoms with Crippen LogP contribution < -0.4 is 0 Å². The van der Waals surface area contributed by atoms with E-state index in [4.69, 9.17) is 0 Å². The SMILES string of the molecule is CC(C)c1ccc(C(C)C)cc1.CC(C)c1ccc(F)cc1. The second-order valence-corrected chi connectivity index (χ2v) is 6.68. The average Bonchev–Trinajstić information content (AvgIpc) is 2.48. The minimum atomic E-state index is -0.163. The first kappa shape index (κ1) is 18.4. The molecule has 0 aromatic heterocycles. The van der Waals surface area contributed by atoms with Crippen molar-refractivity contribution in [3.63, 3.8) is 0 Å². The van der Waals surface area contributed by atoms with E-state index in [1.54, 1.807) is 0 Å². The van der Waals surface area contributed by atoms with Crippen LogP contribution in [0.2, 0.25) is 0 Å². The molecule has 1 heteroatoms. The minimum absolute atomic E-state index is 0.163. The van der Waals surface area contributed by atoms with E-state index in [1.165, 1.54) is 28.8 Å². The van der Waals surface area contributed by atoms with E-state index in [2.05, 4.69) is 65.8 Å². The predicted octanol–water partition coefficient (Wildman–Crippen LogP) is 6.88. The third kappa shape index (κ3) is 6.01. The monoisotopic (exact) mass is 300 g/mol. The molecule has 2 aromatic carbocycles. The topological polar surface area (TPSA) is 0 Å². The van der Waals surface area contributed by atoms with Gasteiger partial charge in [-0.05, 0) is 46.6 Å². The van der Waals surface area contributed by atoms with Crippen molar-refractivity contribution in [2.75, 3.05) is 0 Å². The van der Waals surface area contributed by atoms with Crippen LogP contribution in [0.25, 0.3) is 0 Å². The Hall–Kier alpha value is -1.63. The number of hydrogen-bond donors (Lipinski definition) is 0. The number of rotatable bonds is 3. The van der Waals surface area contributed by atoms with Crippen LogP contribution in [0.15, 0.2) is 48.5 Å². The molecular formula is C21H29F. The largest absolute Gasteiger partial charge is 0.207 e. The van der Waals surface area contributed by atoms with E-state index in [0.717, 1.165) is 0 Å². The molecule has 22 heavy (non-hydrogen) atoms. The zero-order chi connectivity index (χ0) is 16.7. The molecule has 0 nitrogen and oxygen atoms in total. The van der Waals surface area contributed by atoms with Gasteiger partial charge in [-0.1, -0.05) is 77.9 Å². The van der Waals surface area contributed by atoms with Gasteiger partial charge in [-0.3, -0.25) is 0 Å². The molecule has 0 spiro atoms. The van der Waals surface area contributed by atoms with E-state index in [1.807, 2.05) is 12.1 Å². The van der Waals surface area contributed by atoms with Crippen molar-refractivity contribution in [1.82, 2.24) is 0 Å². The first-order valence-corrected chi connectivity index (χ1v) is 8.16. The van der Waals surface area contributed by atoms with E-state index in [-0.39, 0.29) is 5.82 Å². The molecule has 0 aliphatic carbocycles. The van der Waals surface area contributed by atoms with Crippen LogP contribution in [0, 0.1) is 5.82 Å². The van der Waals surface area contributed by atoms with Gasteiger partial charge in [0, 0.05) is 0 Å². The standard InChI is InChI=1S/C12H18.C9H11F/c1-9(2)11-5-7-12(8-6-11)10(3)4;1-7(2)8-3-5-9(10)6-4-8/h5-10H,1-4H3;3-7H,1-2H3. The van der Waals surface area contributed by atoms with Crippen molar-refractivity contribution >= 4 is 0 Å². The highest BCUT2D eigenvalue weighted by molar-refractivity contribution is 5.26. The lowest BCUT2D eigenvalue weighted by molar-refractivity contribution is 0.626. The molecule has 120 valence electrons. The van der Waals surface area contributed by atoms with Crippen LogP contribution in [0.4, 0.5) is 4.39 Å². The summed E-state index contributed by atoms with van der Waals surface area (Å²) >= 11 is 0. The van der Waals surface area contributed by atoms with Gasteiger partial charge in [-0.15, -0.1) is 0 Å². The Morgan fingerprint density at radius 3 is 0.955 bits per heavy atom. The van der Waals surface area contributed by atoms with Crippen molar-refractivity contribution in [2.24, 2.45) is 0 Å². The highest BCUT2D eigenvalue weighted by Crippen LogP contribution is 2.19. The maximum absolute atomic E-state index is 12.4. The van der Waals surface area contributed by atoms with Gasteiger partial charge < -0.3 is 0 Å². The molecule has 0 radical (unpaired) electrons. The maximum atomic E-state index is 12.4. The smallest absolute Gasteiger partial charge is 0.123 e. The van der Waals surface area contributed by atoms with Gasteiger partial charge >= 0.3 is 0 Å². The van der Waals surface area contributed by atoms with Crippen molar-refractivity contribution in [3.8, 4) is 0 Å². The van der Waals surface area contributed by atoms with Crippen molar-refractivity contribution in [3.05, 3.63) is 71.0 Å². The van der Waals surface area contributed by atoms with E-state index in [9.17, 15) is 4.39 Å². The van der Waals surface area contributed by atoms with Crippen LogP contribution in [0.1, 0.15) is 76.0 Å². The fourth-order valence-corrected chi connectivity index (χ4v) is 2.11. The van der Waals surface area contributed by atoms with Gasteiger partial charge in [0.2, 0.25) is 0 Å². The van der Waals surface area contributed by atoms with E-state index < -0.39 is 0 Å². The molecule has 0 saturated carbocycles. The highest BCUT2D eigenvalue weighted by atomic mass is 19.1. The fourth-order valence-electron chi connectivity index (χ4n) is 2.11. The summed E-state index contributed by atoms with van der Waals surface area (Å²) in [6.07, 6.45) is 0. The minimum Gasteiger partial charge on any atom is -0.207 e. The Morgan fingerprint density at radius 2 is 0.727 bits per heavy atom. The van der Waals surface area contributed by atoms with Crippen molar-refractivity contribution < 1.29 is 4.39 Å². The summed E-state index contributed by atoms with van der Waals surface area (Å²) in [5.74, 6) is 1.61. The van der Waals surface area contributed by atoms with Crippen LogP contribution in [-0.4, -0.2) is 0 Å². The average molecular weight is 300 g/mol. The van der Waals surface area contributed by atoms with Crippen molar-refractivity contribution in [1.29, 1.82) is 0 Å². The summed E-state index contributed by atoms with van der Waals surface area (Å²) in [5.41, 5.74) is 4.04. The lowest BCUT2D eigenvalue weighted by Crippen LogP contribution is -1.90. The van der Waals surface area contributed by atoms with Crippen LogP contribution in [0.5, 0.6) is 0 Å². The molecule has 0 unspecified atom stereocenters. The zero-order valence-electron chi connectivity index (χ0n) is 14.7. The van der Waals surface area contributed by atoms with Crippen LogP contribution in [-0.2, 0) is 0 Å². The summed E-state index contributed by atoms with van der Waals surface area (Å²) in [4.78, 5) is 0. The second kappa shape index (κ2) is 8.73. The molecular weight excluding hydrogens is 271 g/mol. The van der Waals surface area contributed by atoms with Gasteiger partial charge in [0.1, 0.15) is 5.82 Å². The normalized spacial score (nSPS) is 10.8. The molecule has 0 bridgehead atoms. The Bertz CT molecular complexity index is 506. The molecule has 0 aliphatic heterocycles. The number of hydrogen-bond acceptors (Lipinski definition) is 0. The lowest BCUT2D eigenvalue weighted by Gasteiger charge is -2.08. The third-order valence-corrected chi connectivity index (χ3v) is 3.81. The first-order chi connectivity index (χ1) is 10.3. The first-order valence-electron chi connectivity index (χ1n) is 8.16. The second-order valence-electron chi connectivity index (χ2n) is 6.68. The molecule has 0 N–H and O–H groups in total. The highest BCUT2D eigenvalue weighted by Gasteiger charge is 2.00. The van der Waals surface area contributed by atoms with Crippen molar-refractivity contribution in [2.45, 2.75) is 59.3 Å². The van der Waals surface area contributed by atoms with Gasteiger partial charge in [0.05, 0.1) is 0 Å². The molecule has 0 fully saturated rings. The Kier molecular flexibility index (Phi) is 7.31. The van der Waals surface area contributed by atoms with Gasteiger partial charge in [-0.2, -0.15) is 0 Å². The number of benzene rings is 2. The summed E-state index contributed by atoms with van der Waals surface area (Å²) < 4.78 is 12.4. The molecule has 0 amide bonds. The van der Waals surface area contributed by atoms with E-state index in [0.29, 0.717) is 17.8 Å². The molecule has 0 aliphatic rings. The summed E-state index contributed by atoms with van der Waals surface area (Å²) in [7, 11) is 0. The molecule has 2 aromatic rings. The molecule has 0 heterocycles. The summed E-state index contributed by atoms with van der Waals surface area (Å²) in [6, 6.07) is 15.6. The lowest BCUT2D eigenvalue weighted by atomic mass is 9.97. The van der Waals surface area contributed by atoms with Gasteiger partial charge in [0.15, 0.2) is 0 Å². The predicted molar refractivity (Wildman–Crippen MR) is 95.1 cm³/mol. The summed E-state index contributed by atoms with van der Waals surface area (Å²) in [6.45, 7) is 13.1. The fraction of sp³-hybridized carbons (Fsp3) is 0.429. The van der Waals surface area contributed by atoms with Gasteiger partial charge in [-0.25, -0.2) is 4.39 Å². The molecule has 0 saturated heterocycles. The van der Waals surface area contributed by atoms with Crippen LogP contribution in [0.3, 0.4) is 0 Å². The maximum Gasteiger partial charge on any atom is 0.123 e. The Labute approximate surface area is 135 Å². The quantitative estimate of drug-likeness (QED) is 0.579. The zero-order valence-corrected chi connectivity index (χ0v) is 14.7. The Morgan fingerprint density at radius 1 is 0.500 bits per heavy atom. The Balaban J connectivity index is 0.000000224. The third-order valence-electron chi connectivity index (χ3n) is 3.81. The summed E-state index contributed by atoms with van der Waals surface area (Å²) in [5, 5.41) is 0. The molecule has 0 atom stereocenters. The van der Waals surface area contributed by atoms with Gasteiger partial charge in [0.25, 0.3) is 0 Å². The number of halogens is 1.